The van der Waals surface area contributed by atoms with E-state index in [0.29, 0.717) is 32.0 Å². The van der Waals surface area contributed by atoms with Crippen LogP contribution in [0.3, 0.4) is 0 Å². The van der Waals surface area contributed by atoms with Crippen molar-refractivity contribution in [3.8, 4) is 5.75 Å². The number of aliphatic carboxylic acids is 1. The molecular weight excluding hydrogens is 372 g/mol. The Bertz CT molecular complexity index is 775. The van der Waals surface area contributed by atoms with Crippen LogP contribution in [-0.4, -0.2) is 36.9 Å². The van der Waals surface area contributed by atoms with E-state index < -0.39 is 5.97 Å². The molecule has 6 nitrogen and oxygen atoms in total. The first-order valence-electron chi connectivity index (χ1n) is 9.99. The van der Waals surface area contributed by atoms with Gasteiger partial charge >= 0.3 is 11.9 Å². The molecule has 6 heteroatoms. The number of carboxylic acids is 1. The minimum Gasteiger partial charge on any atom is -0.492 e. The maximum Gasteiger partial charge on any atom is 0.308 e. The Kier molecular flexibility index (Phi) is 7.47. The molecule has 1 aromatic carbocycles. The molecule has 1 aliphatic heterocycles. The lowest BCUT2D eigenvalue weighted by Gasteiger charge is -2.34. The second-order valence-electron chi connectivity index (χ2n) is 8.79. The predicted molar refractivity (Wildman–Crippen MR) is 110 cm³/mol. The SMILES string of the molecule is CC(=O)Oc1cccc(C2=C(C(C)(C)COCCCCC(=O)O)C(C)(C)CO2)c1. The van der Waals surface area contributed by atoms with Gasteiger partial charge in [0.2, 0.25) is 0 Å². The van der Waals surface area contributed by atoms with Crippen molar-refractivity contribution in [1.29, 1.82) is 0 Å². The fourth-order valence-corrected chi connectivity index (χ4v) is 3.90. The van der Waals surface area contributed by atoms with E-state index >= 15 is 0 Å². The summed E-state index contributed by atoms with van der Waals surface area (Å²) in [7, 11) is 0. The van der Waals surface area contributed by atoms with Crippen LogP contribution in [0.1, 0.15) is 59.4 Å². The summed E-state index contributed by atoms with van der Waals surface area (Å²) >= 11 is 0. The molecule has 0 unspecified atom stereocenters. The molecule has 0 saturated carbocycles. The third-order valence-electron chi connectivity index (χ3n) is 4.91. The minimum absolute atomic E-state index is 0.164. The van der Waals surface area contributed by atoms with Crippen LogP contribution in [0.25, 0.3) is 5.76 Å². The van der Waals surface area contributed by atoms with E-state index in [0.717, 1.165) is 23.3 Å². The number of carboxylic acid groups (broad SMARTS) is 1. The molecule has 0 fully saturated rings. The maximum atomic E-state index is 11.3. The number of benzene rings is 1. The van der Waals surface area contributed by atoms with Gasteiger partial charge in [-0.05, 0) is 30.5 Å². The molecular formula is C23H32O6. The number of hydrogen-bond donors (Lipinski definition) is 1. The van der Waals surface area contributed by atoms with E-state index in [4.69, 9.17) is 19.3 Å². The zero-order valence-corrected chi connectivity index (χ0v) is 18.0. The van der Waals surface area contributed by atoms with Gasteiger partial charge in [-0.25, -0.2) is 0 Å². The van der Waals surface area contributed by atoms with Crippen LogP contribution in [0.15, 0.2) is 29.8 Å². The second-order valence-corrected chi connectivity index (χ2v) is 8.79. The monoisotopic (exact) mass is 404 g/mol. The van der Waals surface area contributed by atoms with Gasteiger partial charge in [-0.1, -0.05) is 39.8 Å². The number of carbonyl (C=O) groups excluding carboxylic acids is 1. The first-order valence-corrected chi connectivity index (χ1v) is 9.99. The molecule has 1 N–H and O–H groups in total. The predicted octanol–water partition coefficient (Wildman–Crippen LogP) is 4.68. The highest BCUT2D eigenvalue weighted by Crippen LogP contribution is 2.50. The van der Waals surface area contributed by atoms with Crippen molar-refractivity contribution < 1.29 is 28.9 Å². The Morgan fingerprint density at radius 3 is 2.62 bits per heavy atom. The van der Waals surface area contributed by atoms with Gasteiger partial charge in [0.25, 0.3) is 0 Å². The summed E-state index contributed by atoms with van der Waals surface area (Å²) in [5.74, 6) is 0.160. The van der Waals surface area contributed by atoms with E-state index in [1.807, 2.05) is 18.2 Å². The van der Waals surface area contributed by atoms with Gasteiger partial charge in [0.05, 0.1) is 13.2 Å². The van der Waals surface area contributed by atoms with E-state index in [9.17, 15) is 9.59 Å². The number of ether oxygens (including phenoxy) is 3. The molecule has 0 saturated heterocycles. The van der Waals surface area contributed by atoms with Gasteiger partial charge in [-0.15, -0.1) is 0 Å². The first kappa shape index (κ1) is 22.9. The molecule has 2 rings (SSSR count). The quantitative estimate of drug-likeness (QED) is 0.346. The Hall–Kier alpha value is -2.34. The minimum atomic E-state index is -0.777. The fourth-order valence-electron chi connectivity index (χ4n) is 3.90. The van der Waals surface area contributed by atoms with E-state index in [1.54, 1.807) is 6.07 Å². The van der Waals surface area contributed by atoms with Gasteiger partial charge in [0, 0.05) is 36.3 Å². The number of carbonyl (C=O) groups is 2. The summed E-state index contributed by atoms with van der Waals surface area (Å²) < 4.78 is 17.2. The topological polar surface area (TPSA) is 82.1 Å². The highest BCUT2D eigenvalue weighted by molar-refractivity contribution is 5.72. The zero-order valence-electron chi connectivity index (χ0n) is 18.0. The largest absolute Gasteiger partial charge is 0.492 e. The van der Waals surface area contributed by atoms with Crippen LogP contribution in [0.5, 0.6) is 5.75 Å². The van der Waals surface area contributed by atoms with Crippen molar-refractivity contribution in [1.82, 2.24) is 0 Å². The Labute approximate surface area is 172 Å². The smallest absolute Gasteiger partial charge is 0.308 e. The summed E-state index contributed by atoms with van der Waals surface area (Å²) in [5, 5.41) is 8.72. The van der Waals surface area contributed by atoms with Crippen molar-refractivity contribution in [3.05, 3.63) is 35.4 Å². The van der Waals surface area contributed by atoms with Gasteiger partial charge in [0.1, 0.15) is 11.5 Å². The van der Waals surface area contributed by atoms with Crippen LogP contribution in [0.2, 0.25) is 0 Å². The fraction of sp³-hybridized carbons (Fsp3) is 0.565. The third kappa shape index (κ3) is 6.32. The van der Waals surface area contributed by atoms with E-state index in [2.05, 4.69) is 27.7 Å². The van der Waals surface area contributed by atoms with Gasteiger partial charge in [-0.3, -0.25) is 9.59 Å². The lowest BCUT2D eigenvalue weighted by molar-refractivity contribution is -0.137. The molecule has 0 spiro atoms. The first-order chi connectivity index (χ1) is 13.5. The van der Waals surface area contributed by atoms with Crippen LogP contribution in [0.4, 0.5) is 0 Å². The van der Waals surface area contributed by atoms with Crippen molar-refractivity contribution in [2.24, 2.45) is 10.8 Å². The number of unbranched alkanes of at least 4 members (excludes halogenated alkanes) is 1. The molecule has 0 atom stereocenters. The average molecular weight is 405 g/mol. The standard InChI is InChI=1S/C23H32O6/c1-16(24)29-18-10-8-9-17(13-18)20-21(23(4,5)15-28-20)22(2,3)14-27-12-7-6-11-19(25)26/h8-10,13H,6-7,11-12,14-15H2,1-5H3,(H,25,26). The summed E-state index contributed by atoms with van der Waals surface area (Å²) in [6.45, 7) is 11.6. The normalized spacial score (nSPS) is 15.9. The molecule has 0 aliphatic carbocycles. The van der Waals surface area contributed by atoms with Gasteiger partial charge < -0.3 is 19.3 Å². The number of rotatable bonds is 10. The van der Waals surface area contributed by atoms with Crippen LogP contribution >= 0.6 is 0 Å². The van der Waals surface area contributed by atoms with Crippen molar-refractivity contribution >= 4 is 17.7 Å². The molecule has 1 aliphatic rings. The maximum absolute atomic E-state index is 11.3. The van der Waals surface area contributed by atoms with Crippen molar-refractivity contribution in [3.63, 3.8) is 0 Å². The number of esters is 1. The summed E-state index contributed by atoms with van der Waals surface area (Å²) in [6.07, 6.45) is 1.50. The molecule has 0 radical (unpaired) electrons. The average Bonchev–Trinajstić information content (AvgIpc) is 2.93. The van der Waals surface area contributed by atoms with Crippen molar-refractivity contribution in [2.45, 2.75) is 53.9 Å². The second kappa shape index (κ2) is 9.44. The Balaban J connectivity index is 2.19. The summed E-state index contributed by atoms with van der Waals surface area (Å²) in [4.78, 5) is 21.9. The molecule has 0 bridgehead atoms. The van der Waals surface area contributed by atoms with Gasteiger partial charge in [0.15, 0.2) is 0 Å². The van der Waals surface area contributed by atoms with Crippen LogP contribution < -0.4 is 4.74 Å². The highest BCUT2D eigenvalue weighted by atomic mass is 16.5. The third-order valence-corrected chi connectivity index (χ3v) is 4.91. The van der Waals surface area contributed by atoms with Crippen LogP contribution in [0, 0.1) is 10.8 Å². The lowest BCUT2D eigenvalue weighted by atomic mass is 9.70. The summed E-state index contributed by atoms with van der Waals surface area (Å²) in [6, 6.07) is 7.36. The van der Waals surface area contributed by atoms with E-state index in [-0.39, 0.29) is 23.2 Å². The summed E-state index contributed by atoms with van der Waals surface area (Å²) in [5.41, 5.74) is 1.59. The lowest BCUT2D eigenvalue weighted by Crippen LogP contribution is -2.31. The van der Waals surface area contributed by atoms with Crippen molar-refractivity contribution in [2.75, 3.05) is 19.8 Å². The Morgan fingerprint density at radius 1 is 1.24 bits per heavy atom. The zero-order chi connectivity index (χ0) is 21.7. The molecule has 0 aromatic heterocycles. The molecule has 1 aromatic rings. The molecule has 1 heterocycles. The number of hydrogen-bond acceptors (Lipinski definition) is 5. The van der Waals surface area contributed by atoms with Crippen LogP contribution in [-0.2, 0) is 19.1 Å². The molecule has 0 amide bonds. The van der Waals surface area contributed by atoms with E-state index in [1.165, 1.54) is 6.92 Å². The Morgan fingerprint density at radius 2 is 1.97 bits per heavy atom. The van der Waals surface area contributed by atoms with Gasteiger partial charge in [-0.2, -0.15) is 0 Å². The molecule has 29 heavy (non-hydrogen) atoms. The molecule has 160 valence electrons. The highest BCUT2D eigenvalue weighted by Gasteiger charge is 2.43.